The van der Waals surface area contributed by atoms with Crippen molar-refractivity contribution in [2.75, 3.05) is 32.8 Å². The van der Waals surface area contributed by atoms with E-state index < -0.39 is 17.7 Å². The lowest BCUT2D eigenvalue weighted by molar-refractivity contribution is -0.140. The van der Waals surface area contributed by atoms with E-state index in [1.165, 1.54) is 0 Å². The third-order valence-electron chi connectivity index (χ3n) is 7.44. The molecule has 0 bridgehead atoms. The van der Waals surface area contributed by atoms with Gasteiger partial charge >= 0.3 is 0 Å². The second-order valence-corrected chi connectivity index (χ2v) is 10.1. The molecule has 204 valence electrons. The molecule has 0 spiro atoms. The Morgan fingerprint density at radius 2 is 1.82 bits per heavy atom. The van der Waals surface area contributed by atoms with Crippen LogP contribution in [-0.4, -0.2) is 65.5 Å². The first-order valence-corrected chi connectivity index (χ1v) is 13.9. The Balaban J connectivity index is 1.69. The first kappa shape index (κ1) is 27.7. The number of hydrogen-bond acceptors (Lipinski definition) is 6. The van der Waals surface area contributed by atoms with Gasteiger partial charge in [-0.2, -0.15) is 0 Å². The third-order valence-corrected chi connectivity index (χ3v) is 7.44. The summed E-state index contributed by atoms with van der Waals surface area (Å²) in [5.41, 5.74) is 2.41. The molecule has 7 heteroatoms. The number of fused-ring (bicyclic) bond motifs is 1. The van der Waals surface area contributed by atoms with Gasteiger partial charge in [0.2, 0.25) is 0 Å². The highest BCUT2D eigenvalue weighted by molar-refractivity contribution is 6.46. The number of rotatable bonds is 12. The zero-order valence-electron chi connectivity index (χ0n) is 23.0. The molecule has 2 aromatic carbocycles. The maximum Gasteiger partial charge on any atom is 0.295 e. The van der Waals surface area contributed by atoms with Crippen molar-refractivity contribution in [1.29, 1.82) is 0 Å². The highest BCUT2D eigenvalue weighted by Crippen LogP contribution is 2.41. The van der Waals surface area contributed by atoms with Crippen LogP contribution in [0.2, 0.25) is 0 Å². The molecule has 1 fully saturated rings. The van der Waals surface area contributed by atoms with Crippen LogP contribution < -0.4 is 9.47 Å². The minimum absolute atomic E-state index is 0.0665. The highest BCUT2D eigenvalue weighted by Gasteiger charge is 2.46. The molecule has 1 amide bonds. The standard InChI is InChI=1S/C31H40N2O5/c1-5-8-18-37-25-13-10-22(11-14-25)28-27(29(34)23-12-15-26-24(20-23)19-21(4)38-26)30(35)31(36)33(28)17-9-16-32(6-2)7-3/h10-15,20-21,28,34H,5-9,16-19H2,1-4H3/b29-27+/t21-,28+/m0/s1. The molecule has 2 aliphatic heterocycles. The van der Waals surface area contributed by atoms with Crippen molar-refractivity contribution in [3.8, 4) is 11.5 Å². The first-order chi connectivity index (χ1) is 18.4. The van der Waals surface area contributed by atoms with Gasteiger partial charge in [0.15, 0.2) is 0 Å². The Bertz CT molecular complexity index is 1170. The molecule has 38 heavy (non-hydrogen) atoms. The molecule has 1 N–H and O–H groups in total. The van der Waals surface area contributed by atoms with Gasteiger partial charge in [-0.15, -0.1) is 0 Å². The van der Waals surface area contributed by atoms with Crippen LogP contribution in [-0.2, 0) is 16.0 Å². The van der Waals surface area contributed by atoms with Gasteiger partial charge in [-0.25, -0.2) is 0 Å². The van der Waals surface area contributed by atoms with E-state index in [1.807, 2.05) is 43.3 Å². The van der Waals surface area contributed by atoms with Crippen LogP contribution in [0, 0.1) is 0 Å². The smallest absolute Gasteiger partial charge is 0.295 e. The first-order valence-electron chi connectivity index (χ1n) is 13.9. The normalized spacial score (nSPS) is 20.2. The summed E-state index contributed by atoms with van der Waals surface area (Å²) in [7, 11) is 0. The van der Waals surface area contributed by atoms with Gasteiger partial charge in [-0.1, -0.05) is 39.3 Å². The molecule has 1 saturated heterocycles. The number of Topliss-reactive ketones (excluding diaryl/α,β-unsaturated/α-hetero) is 1. The Kier molecular flexibility index (Phi) is 9.10. The number of unbranched alkanes of at least 4 members (excludes halogenated alkanes) is 1. The number of hydrogen-bond donors (Lipinski definition) is 1. The molecule has 2 aromatic rings. The van der Waals surface area contributed by atoms with Crippen molar-refractivity contribution in [2.24, 2.45) is 0 Å². The molecule has 0 unspecified atom stereocenters. The van der Waals surface area contributed by atoms with E-state index in [0.717, 1.165) is 67.9 Å². The Morgan fingerprint density at radius 1 is 1.08 bits per heavy atom. The summed E-state index contributed by atoms with van der Waals surface area (Å²) in [5, 5.41) is 11.4. The van der Waals surface area contributed by atoms with E-state index in [-0.39, 0.29) is 17.4 Å². The second kappa shape index (κ2) is 12.5. The summed E-state index contributed by atoms with van der Waals surface area (Å²) in [5.74, 6) is 0.168. The fraction of sp³-hybridized carbons (Fsp3) is 0.484. The van der Waals surface area contributed by atoms with Crippen LogP contribution >= 0.6 is 0 Å². The zero-order chi connectivity index (χ0) is 27.2. The average molecular weight is 521 g/mol. The molecule has 0 saturated carbocycles. The molecule has 0 aliphatic carbocycles. The van der Waals surface area contributed by atoms with Crippen molar-refractivity contribution < 1.29 is 24.2 Å². The molecule has 2 heterocycles. The fourth-order valence-corrected chi connectivity index (χ4v) is 5.27. The molecular weight excluding hydrogens is 480 g/mol. The van der Waals surface area contributed by atoms with Gasteiger partial charge in [0.1, 0.15) is 23.4 Å². The van der Waals surface area contributed by atoms with E-state index >= 15 is 0 Å². The lowest BCUT2D eigenvalue weighted by Gasteiger charge is -2.27. The minimum Gasteiger partial charge on any atom is -0.507 e. The fourth-order valence-electron chi connectivity index (χ4n) is 5.27. The van der Waals surface area contributed by atoms with Crippen molar-refractivity contribution >= 4 is 17.4 Å². The van der Waals surface area contributed by atoms with Crippen molar-refractivity contribution in [3.63, 3.8) is 0 Å². The van der Waals surface area contributed by atoms with Gasteiger partial charge in [0.05, 0.1) is 18.2 Å². The highest BCUT2D eigenvalue weighted by atomic mass is 16.5. The molecule has 4 rings (SSSR count). The van der Waals surface area contributed by atoms with Crippen LogP contribution in [0.15, 0.2) is 48.0 Å². The van der Waals surface area contributed by atoms with Gasteiger partial charge in [0.25, 0.3) is 11.7 Å². The summed E-state index contributed by atoms with van der Waals surface area (Å²) in [6.45, 7) is 12.1. The van der Waals surface area contributed by atoms with E-state index in [2.05, 4.69) is 25.7 Å². The van der Waals surface area contributed by atoms with Gasteiger partial charge in [-0.05, 0) is 80.9 Å². The SMILES string of the molecule is CCCCOc1ccc([C@@H]2/C(=C(\O)c3ccc4c(c3)C[C@H](C)O4)C(=O)C(=O)N2CCCN(CC)CC)cc1. The van der Waals surface area contributed by atoms with E-state index in [0.29, 0.717) is 18.7 Å². The van der Waals surface area contributed by atoms with Crippen LogP contribution in [0.5, 0.6) is 11.5 Å². The Labute approximate surface area is 226 Å². The van der Waals surface area contributed by atoms with E-state index in [1.54, 1.807) is 11.0 Å². The van der Waals surface area contributed by atoms with Gasteiger partial charge < -0.3 is 24.4 Å². The number of ketones is 1. The van der Waals surface area contributed by atoms with Crippen molar-refractivity contribution in [2.45, 2.75) is 65.5 Å². The number of aliphatic hydroxyl groups excluding tert-OH is 1. The number of likely N-dealkylation sites (tertiary alicyclic amines) is 1. The molecule has 2 aliphatic rings. The zero-order valence-corrected chi connectivity index (χ0v) is 23.0. The third kappa shape index (κ3) is 5.88. The molecular formula is C31H40N2O5. The second-order valence-electron chi connectivity index (χ2n) is 10.1. The number of amides is 1. The summed E-state index contributed by atoms with van der Waals surface area (Å²) in [4.78, 5) is 30.6. The quantitative estimate of drug-likeness (QED) is 0.176. The topological polar surface area (TPSA) is 79.3 Å². The number of ether oxygens (including phenoxy) is 2. The number of carbonyl (C=O) groups is 2. The Hall–Kier alpha value is -3.32. The molecule has 2 atom stereocenters. The van der Waals surface area contributed by atoms with Crippen molar-refractivity contribution in [1.82, 2.24) is 9.80 Å². The predicted octanol–water partition coefficient (Wildman–Crippen LogP) is 5.34. The Morgan fingerprint density at radius 3 is 2.50 bits per heavy atom. The number of benzene rings is 2. The average Bonchev–Trinajstić information content (AvgIpc) is 3.42. The lowest BCUT2D eigenvalue weighted by atomic mass is 9.94. The van der Waals surface area contributed by atoms with Gasteiger partial charge in [0, 0.05) is 18.5 Å². The lowest BCUT2D eigenvalue weighted by Crippen LogP contribution is -2.33. The van der Waals surface area contributed by atoms with Crippen LogP contribution in [0.25, 0.3) is 5.76 Å². The maximum atomic E-state index is 13.4. The number of aliphatic hydroxyl groups is 1. The summed E-state index contributed by atoms with van der Waals surface area (Å²) >= 11 is 0. The van der Waals surface area contributed by atoms with E-state index in [9.17, 15) is 14.7 Å². The summed E-state index contributed by atoms with van der Waals surface area (Å²) in [6.07, 6.45) is 3.56. The molecule has 7 nitrogen and oxygen atoms in total. The minimum atomic E-state index is -0.667. The molecule has 0 aromatic heterocycles. The number of carbonyl (C=O) groups excluding carboxylic acids is 2. The van der Waals surface area contributed by atoms with Crippen LogP contribution in [0.4, 0.5) is 0 Å². The largest absolute Gasteiger partial charge is 0.507 e. The number of nitrogens with zero attached hydrogens (tertiary/aromatic N) is 2. The monoisotopic (exact) mass is 520 g/mol. The maximum absolute atomic E-state index is 13.4. The summed E-state index contributed by atoms with van der Waals surface area (Å²) in [6, 6.07) is 12.3. The van der Waals surface area contributed by atoms with Crippen LogP contribution in [0.1, 0.15) is 69.7 Å². The molecule has 0 radical (unpaired) electrons. The predicted molar refractivity (Wildman–Crippen MR) is 148 cm³/mol. The van der Waals surface area contributed by atoms with Gasteiger partial charge in [-0.3, -0.25) is 9.59 Å². The summed E-state index contributed by atoms with van der Waals surface area (Å²) < 4.78 is 11.6. The van der Waals surface area contributed by atoms with Crippen molar-refractivity contribution in [3.05, 3.63) is 64.7 Å². The van der Waals surface area contributed by atoms with Crippen LogP contribution in [0.3, 0.4) is 0 Å². The van der Waals surface area contributed by atoms with E-state index in [4.69, 9.17) is 9.47 Å².